The lowest BCUT2D eigenvalue weighted by Gasteiger charge is -2.36. The van der Waals surface area contributed by atoms with Crippen molar-refractivity contribution in [3.8, 4) is 5.75 Å². The SMILES string of the molecule is O=[N+]([O-])c1cccc(COc2ccc(C(=S)N3CCN(Cc4ccccc4)CC3)cc2Cl)c1. The number of nitro benzene ring substituents is 1. The van der Waals surface area contributed by atoms with Gasteiger partial charge in [-0.1, -0.05) is 66.3 Å². The molecule has 0 saturated carbocycles. The van der Waals surface area contributed by atoms with Crippen molar-refractivity contribution in [3.05, 3.63) is 105 Å². The number of thiocarbonyl (C=S) groups is 1. The van der Waals surface area contributed by atoms with E-state index in [-0.39, 0.29) is 12.3 Å². The predicted octanol–water partition coefficient (Wildman–Crippen LogP) is 5.32. The van der Waals surface area contributed by atoms with E-state index < -0.39 is 4.92 Å². The topological polar surface area (TPSA) is 58.9 Å². The molecule has 0 spiro atoms. The number of piperazine rings is 1. The fourth-order valence-electron chi connectivity index (χ4n) is 3.81. The number of nitro groups is 1. The minimum Gasteiger partial charge on any atom is -0.487 e. The molecule has 0 aromatic heterocycles. The van der Waals surface area contributed by atoms with E-state index in [1.807, 2.05) is 18.2 Å². The molecule has 1 aliphatic heterocycles. The molecule has 0 N–H and O–H groups in total. The Kier molecular flexibility index (Phi) is 7.54. The summed E-state index contributed by atoms with van der Waals surface area (Å²) in [5.74, 6) is 0.516. The first kappa shape index (κ1) is 23.2. The molecule has 3 aromatic carbocycles. The molecule has 0 atom stereocenters. The van der Waals surface area contributed by atoms with Gasteiger partial charge in [0.15, 0.2) is 0 Å². The molecule has 170 valence electrons. The zero-order valence-electron chi connectivity index (χ0n) is 18.0. The van der Waals surface area contributed by atoms with Crippen molar-refractivity contribution in [2.45, 2.75) is 13.2 Å². The van der Waals surface area contributed by atoms with E-state index >= 15 is 0 Å². The van der Waals surface area contributed by atoms with Crippen molar-refractivity contribution in [2.24, 2.45) is 0 Å². The summed E-state index contributed by atoms with van der Waals surface area (Å²) in [5, 5.41) is 11.4. The Balaban J connectivity index is 1.32. The molecule has 1 heterocycles. The summed E-state index contributed by atoms with van der Waals surface area (Å²) < 4.78 is 5.79. The third kappa shape index (κ3) is 6.07. The number of nitrogens with zero attached hydrogens (tertiary/aromatic N) is 3. The van der Waals surface area contributed by atoms with Gasteiger partial charge in [-0.3, -0.25) is 15.0 Å². The molecular weight excluding hydrogens is 458 g/mol. The number of benzene rings is 3. The lowest BCUT2D eigenvalue weighted by molar-refractivity contribution is -0.384. The standard InChI is InChI=1S/C25H24ClN3O3S/c26-23-16-21(9-10-24(23)32-18-20-7-4-8-22(15-20)29(30)31)25(33)28-13-11-27(12-14-28)17-19-5-2-1-3-6-19/h1-10,15-16H,11-14,17-18H2. The van der Waals surface area contributed by atoms with Gasteiger partial charge < -0.3 is 9.64 Å². The van der Waals surface area contributed by atoms with Gasteiger partial charge in [0.2, 0.25) is 0 Å². The molecule has 33 heavy (non-hydrogen) atoms. The maximum atomic E-state index is 10.9. The lowest BCUT2D eigenvalue weighted by Crippen LogP contribution is -2.48. The molecule has 0 bridgehead atoms. The Morgan fingerprint density at radius 2 is 1.70 bits per heavy atom. The highest BCUT2D eigenvalue weighted by atomic mass is 35.5. The second-order valence-corrected chi connectivity index (χ2v) is 8.71. The van der Waals surface area contributed by atoms with Crippen LogP contribution in [-0.4, -0.2) is 45.9 Å². The van der Waals surface area contributed by atoms with Crippen molar-refractivity contribution in [3.63, 3.8) is 0 Å². The maximum absolute atomic E-state index is 10.9. The Labute approximate surface area is 203 Å². The van der Waals surface area contributed by atoms with Crippen LogP contribution in [-0.2, 0) is 13.2 Å². The number of ether oxygens (including phenoxy) is 1. The van der Waals surface area contributed by atoms with Crippen molar-refractivity contribution < 1.29 is 9.66 Å². The van der Waals surface area contributed by atoms with Gasteiger partial charge in [0.25, 0.3) is 5.69 Å². The predicted molar refractivity (Wildman–Crippen MR) is 134 cm³/mol. The second-order valence-electron chi connectivity index (χ2n) is 7.91. The van der Waals surface area contributed by atoms with Crippen LogP contribution in [0.3, 0.4) is 0 Å². The summed E-state index contributed by atoms with van der Waals surface area (Å²) in [6.07, 6.45) is 0. The summed E-state index contributed by atoms with van der Waals surface area (Å²) in [6, 6.07) is 22.4. The molecule has 0 aliphatic carbocycles. The molecule has 0 radical (unpaired) electrons. The largest absolute Gasteiger partial charge is 0.487 e. The average molecular weight is 482 g/mol. The molecule has 6 nitrogen and oxygen atoms in total. The summed E-state index contributed by atoms with van der Waals surface area (Å²) in [4.78, 5) is 15.9. The average Bonchev–Trinajstić information content (AvgIpc) is 2.84. The zero-order chi connectivity index (χ0) is 23.2. The molecule has 1 fully saturated rings. The van der Waals surface area contributed by atoms with E-state index in [1.54, 1.807) is 18.2 Å². The number of non-ortho nitro benzene ring substituents is 1. The van der Waals surface area contributed by atoms with Gasteiger partial charge in [0, 0.05) is 50.4 Å². The van der Waals surface area contributed by atoms with Crippen LogP contribution in [0.25, 0.3) is 0 Å². The number of rotatable bonds is 7. The molecule has 8 heteroatoms. The minimum atomic E-state index is -0.423. The molecule has 4 rings (SSSR count). The van der Waals surface area contributed by atoms with Crippen molar-refractivity contribution in [1.82, 2.24) is 9.80 Å². The summed E-state index contributed by atoms with van der Waals surface area (Å²) in [6.45, 7) is 4.78. The van der Waals surface area contributed by atoms with Gasteiger partial charge in [-0.05, 0) is 29.3 Å². The van der Waals surface area contributed by atoms with E-state index in [0.717, 1.165) is 43.3 Å². The lowest BCUT2D eigenvalue weighted by atomic mass is 10.1. The van der Waals surface area contributed by atoms with E-state index in [4.69, 9.17) is 28.6 Å². The van der Waals surface area contributed by atoms with E-state index in [9.17, 15) is 10.1 Å². The van der Waals surface area contributed by atoms with Gasteiger partial charge in [-0.25, -0.2) is 0 Å². The first-order valence-electron chi connectivity index (χ1n) is 10.7. The maximum Gasteiger partial charge on any atom is 0.269 e. The van der Waals surface area contributed by atoms with E-state index in [0.29, 0.717) is 16.3 Å². The van der Waals surface area contributed by atoms with Crippen LogP contribution in [0.5, 0.6) is 5.75 Å². The van der Waals surface area contributed by atoms with Crippen LogP contribution in [0.1, 0.15) is 16.7 Å². The summed E-state index contributed by atoms with van der Waals surface area (Å²) >= 11 is 12.2. The quantitative estimate of drug-likeness (QED) is 0.258. The molecule has 0 unspecified atom stereocenters. The van der Waals surface area contributed by atoms with Gasteiger partial charge >= 0.3 is 0 Å². The Morgan fingerprint density at radius 1 is 0.970 bits per heavy atom. The highest BCUT2D eigenvalue weighted by Crippen LogP contribution is 2.28. The van der Waals surface area contributed by atoms with E-state index in [2.05, 4.69) is 34.1 Å². The second kappa shape index (κ2) is 10.7. The first-order valence-corrected chi connectivity index (χ1v) is 11.5. The monoisotopic (exact) mass is 481 g/mol. The van der Waals surface area contributed by atoms with E-state index in [1.165, 1.54) is 17.7 Å². The Bertz CT molecular complexity index is 1130. The van der Waals surface area contributed by atoms with Gasteiger partial charge in [-0.15, -0.1) is 0 Å². The van der Waals surface area contributed by atoms with Crippen molar-refractivity contribution >= 4 is 34.5 Å². The zero-order valence-corrected chi connectivity index (χ0v) is 19.6. The number of halogens is 1. The third-order valence-corrected chi connectivity index (χ3v) is 6.39. The van der Waals surface area contributed by atoms with Gasteiger partial charge in [0.05, 0.1) is 9.95 Å². The van der Waals surface area contributed by atoms with Crippen LogP contribution < -0.4 is 4.74 Å². The van der Waals surface area contributed by atoms with Crippen LogP contribution in [0.15, 0.2) is 72.8 Å². The normalized spacial score (nSPS) is 14.2. The highest BCUT2D eigenvalue weighted by molar-refractivity contribution is 7.80. The van der Waals surface area contributed by atoms with Crippen LogP contribution in [0.2, 0.25) is 5.02 Å². The number of hydrogen-bond acceptors (Lipinski definition) is 5. The molecular formula is C25H24ClN3O3S. The van der Waals surface area contributed by atoms with Crippen molar-refractivity contribution in [2.75, 3.05) is 26.2 Å². The Hall–Kier alpha value is -3.00. The Morgan fingerprint density at radius 3 is 2.39 bits per heavy atom. The van der Waals surface area contributed by atoms with Crippen molar-refractivity contribution in [1.29, 1.82) is 0 Å². The van der Waals surface area contributed by atoms with Crippen LogP contribution >= 0.6 is 23.8 Å². The number of hydrogen-bond donors (Lipinski definition) is 0. The minimum absolute atomic E-state index is 0.0340. The molecule has 3 aromatic rings. The molecule has 1 saturated heterocycles. The molecule has 1 aliphatic rings. The highest BCUT2D eigenvalue weighted by Gasteiger charge is 2.20. The summed E-state index contributed by atoms with van der Waals surface area (Å²) in [5.41, 5.74) is 2.94. The fraction of sp³-hybridized carbons (Fsp3) is 0.240. The van der Waals surface area contributed by atoms with Gasteiger partial charge in [0.1, 0.15) is 17.3 Å². The molecule has 0 amide bonds. The smallest absolute Gasteiger partial charge is 0.269 e. The van der Waals surface area contributed by atoms with Crippen LogP contribution in [0, 0.1) is 10.1 Å². The fourth-order valence-corrected chi connectivity index (χ4v) is 4.35. The summed E-state index contributed by atoms with van der Waals surface area (Å²) in [7, 11) is 0. The van der Waals surface area contributed by atoms with Gasteiger partial charge in [-0.2, -0.15) is 0 Å². The van der Waals surface area contributed by atoms with Crippen LogP contribution in [0.4, 0.5) is 5.69 Å². The first-order chi connectivity index (χ1) is 16.0. The third-order valence-electron chi connectivity index (χ3n) is 5.60.